The number of benzene rings is 2. The van der Waals surface area contributed by atoms with Crippen molar-refractivity contribution in [1.82, 2.24) is 4.90 Å². The standard InChI is InChI=1S/C34H38BNO9Si/c1-34(2,3)46(23-11-7-5-8-12-23,24-13-9-6-10-14-24)43-20-21-17-26-29(32(39)36(31(26)38)33(40)42-4)25-18-28(45-35(41)30(21)25)27-16-15-22(19-37)44-27/h5-16,25-26,28-29,37,41H,17-20H2,1-4H3/t25-,26-,28-,29+/m0/s1. The molecule has 4 atom stereocenters. The second-order valence-corrected chi connectivity index (χ2v) is 17.4. The molecular formula is C34H38BNO9Si. The Hall–Kier alpha value is -3.81. The Balaban J connectivity index is 1.44. The van der Waals surface area contributed by atoms with Crippen LogP contribution in [0.2, 0.25) is 5.04 Å². The molecule has 3 heterocycles. The molecule has 0 bridgehead atoms. The summed E-state index contributed by atoms with van der Waals surface area (Å²) in [6, 6.07) is 23.6. The van der Waals surface area contributed by atoms with E-state index in [1.165, 1.54) is 0 Å². The Labute approximate surface area is 269 Å². The molecule has 3 aromatic rings. The van der Waals surface area contributed by atoms with Gasteiger partial charge in [-0.05, 0) is 57.3 Å². The number of methoxy groups -OCH3 is 1. The van der Waals surface area contributed by atoms with Crippen LogP contribution in [-0.2, 0) is 30.0 Å². The van der Waals surface area contributed by atoms with Gasteiger partial charge < -0.3 is 28.4 Å². The normalized spacial score (nSPS) is 23.4. The molecule has 3 aliphatic rings. The van der Waals surface area contributed by atoms with Crippen molar-refractivity contribution in [1.29, 1.82) is 0 Å². The van der Waals surface area contributed by atoms with Crippen LogP contribution in [0, 0.1) is 17.8 Å². The zero-order valence-electron chi connectivity index (χ0n) is 26.3. The number of hydrogen-bond donors (Lipinski definition) is 2. The van der Waals surface area contributed by atoms with Gasteiger partial charge >= 0.3 is 13.2 Å². The van der Waals surface area contributed by atoms with E-state index < -0.39 is 57.2 Å². The molecule has 1 aromatic heterocycles. The summed E-state index contributed by atoms with van der Waals surface area (Å²) in [6.07, 6.45) is -1.45. The van der Waals surface area contributed by atoms with Crippen LogP contribution in [0.5, 0.6) is 0 Å². The lowest BCUT2D eigenvalue weighted by Gasteiger charge is -2.45. The predicted molar refractivity (Wildman–Crippen MR) is 171 cm³/mol. The number of likely N-dealkylation sites (tertiary alicyclic amines) is 1. The lowest BCUT2D eigenvalue weighted by molar-refractivity contribution is -0.137. The Bertz CT molecular complexity index is 1610. The van der Waals surface area contributed by atoms with Crippen molar-refractivity contribution in [2.75, 3.05) is 13.7 Å². The highest BCUT2D eigenvalue weighted by Crippen LogP contribution is 2.52. The predicted octanol–water partition coefficient (Wildman–Crippen LogP) is 3.51. The molecule has 240 valence electrons. The van der Waals surface area contributed by atoms with E-state index in [0.29, 0.717) is 27.5 Å². The van der Waals surface area contributed by atoms with Crippen molar-refractivity contribution < 1.29 is 42.7 Å². The van der Waals surface area contributed by atoms with Gasteiger partial charge in [-0.2, -0.15) is 4.90 Å². The summed E-state index contributed by atoms with van der Waals surface area (Å²) < 4.78 is 23.8. The topological polar surface area (TPSA) is 136 Å². The van der Waals surface area contributed by atoms with Gasteiger partial charge in [0.25, 0.3) is 8.32 Å². The molecular weight excluding hydrogens is 605 g/mol. The average Bonchev–Trinajstić information content (AvgIpc) is 3.63. The van der Waals surface area contributed by atoms with Crippen molar-refractivity contribution in [3.63, 3.8) is 0 Å². The van der Waals surface area contributed by atoms with Crippen LogP contribution >= 0.6 is 0 Å². The van der Waals surface area contributed by atoms with Crippen LogP contribution in [0.15, 0.2) is 88.3 Å². The van der Waals surface area contributed by atoms with Crippen molar-refractivity contribution in [2.24, 2.45) is 17.8 Å². The van der Waals surface area contributed by atoms with Gasteiger partial charge in [-0.3, -0.25) is 9.59 Å². The van der Waals surface area contributed by atoms with Crippen LogP contribution in [0.25, 0.3) is 0 Å². The molecule has 12 heteroatoms. The zero-order chi connectivity index (χ0) is 32.8. The quantitative estimate of drug-likeness (QED) is 0.293. The third kappa shape index (κ3) is 5.27. The fraction of sp³-hybridized carbons (Fsp3) is 0.382. The molecule has 1 aliphatic carbocycles. The van der Waals surface area contributed by atoms with E-state index in [0.717, 1.165) is 17.5 Å². The Morgan fingerprint density at radius 2 is 1.61 bits per heavy atom. The largest absolute Gasteiger partial charge is 0.487 e. The van der Waals surface area contributed by atoms with E-state index >= 15 is 0 Å². The number of aliphatic hydroxyl groups is 1. The van der Waals surface area contributed by atoms with Gasteiger partial charge in [-0.1, -0.05) is 81.4 Å². The van der Waals surface area contributed by atoms with Gasteiger partial charge in [0.05, 0.1) is 25.6 Å². The molecule has 0 spiro atoms. The van der Waals surface area contributed by atoms with Crippen LogP contribution in [0.1, 0.15) is 51.2 Å². The third-order valence-electron chi connectivity index (χ3n) is 9.60. The first-order valence-corrected chi connectivity index (χ1v) is 17.4. The lowest BCUT2D eigenvalue weighted by atomic mass is 9.55. The molecule has 2 fully saturated rings. The van der Waals surface area contributed by atoms with Crippen LogP contribution in [0.3, 0.4) is 0 Å². The number of carbonyl (C=O) groups excluding carboxylic acids is 3. The van der Waals surface area contributed by atoms with Gasteiger partial charge in [-0.25, -0.2) is 4.79 Å². The number of imide groups is 3. The molecule has 2 aromatic carbocycles. The van der Waals surface area contributed by atoms with E-state index in [1.807, 2.05) is 36.4 Å². The molecule has 0 unspecified atom stereocenters. The summed E-state index contributed by atoms with van der Waals surface area (Å²) in [6.45, 7) is 6.27. The summed E-state index contributed by atoms with van der Waals surface area (Å²) in [5, 5.41) is 22.9. The number of carbonyl (C=O) groups is 3. The number of amides is 3. The van der Waals surface area contributed by atoms with Gasteiger partial charge in [0, 0.05) is 0 Å². The van der Waals surface area contributed by atoms with Gasteiger partial charge in [-0.15, -0.1) is 0 Å². The molecule has 0 saturated carbocycles. The second kappa shape index (κ2) is 12.4. The SMILES string of the molecule is COC(=O)N1C(=O)[C@H]2[C@H](CC(CO[Si](c3ccccc3)(c3ccccc3)C(C)(C)C)=C3B(O)O[C@H](c4ccc(CO)o4)C[C@H]32)C1=O. The van der Waals surface area contributed by atoms with Gasteiger partial charge in [0.15, 0.2) is 0 Å². The number of fused-ring (bicyclic) bond motifs is 3. The number of ether oxygens (including phenoxy) is 1. The maximum Gasteiger partial charge on any atom is 0.487 e. The highest BCUT2D eigenvalue weighted by atomic mass is 28.4. The lowest BCUT2D eigenvalue weighted by Crippen LogP contribution is -2.66. The van der Waals surface area contributed by atoms with E-state index in [4.69, 9.17) is 18.2 Å². The molecule has 46 heavy (non-hydrogen) atoms. The third-order valence-corrected chi connectivity index (χ3v) is 14.6. The number of nitrogens with zero attached hydrogens (tertiary/aromatic N) is 1. The molecule has 0 radical (unpaired) electrons. The Kier molecular flexibility index (Phi) is 8.68. The fourth-order valence-corrected chi connectivity index (χ4v) is 12.2. The van der Waals surface area contributed by atoms with Crippen LogP contribution in [0.4, 0.5) is 4.79 Å². The monoisotopic (exact) mass is 643 g/mol. The summed E-state index contributed by atoms with van der Waals surface area (Å²) in [5.74, 6) is -2.93. The van der Waals surface area contributed by atoms with E-state index in [1.54, 1.807) is 12.1 Å². The Morgan fingerprint density at radius 1 is 0.978 bits per heavy atom. The molecule has 2 N–H and O–H groups in total. The first kappa shape index (κ1) is 32.1. The van der Waals surface area contributed by atoms with Gasteiger partial charge in [0.1, 0.15) is 24.2 Å². The molecule has 3 amide bonds. The van der Waals surface area contributed by atoms with Crippen LogP contribution < -0.4 is 10.4 Å². The Morgan fingerprint density at radius 3 is 2.15 bits per heavy atom. The van der Waals surface area contributed by atoms with E-state index in [-0.39, 0.29) is 31.1 Å². The maximum atomic E-state index is 13.7. The smallest absolute Gasteiger partial charge is 0.461 e. The highest BCUT2D eigenvalue weighted by molar-refractivity contribution is 6.99. The number of rotatable bonds is 7. The summed E-state index contributed by atoms with van der Waals surface area (Å²) in [7, 11) is -3.30. The number of furan rings is 1. The minimum atomic E-state index is -3.01. The summed E-state index contributed by atoms with van der Waals surface area (Å²) in [4.78, 5) is 40.6. The minimum Gasteiger partial charge on any atom is -0.461 e. The van der Waals surface area contributed by atoms with E-state index in [2.05, 4.69) is 45.0 Å². The van der Waals surface area contributed by atoms with Crippen molar-refractivity contribution in [3.05, 3.63) is 95.4 Å². The minimum absolute atomic E-state index is 0.0858. The van der Waals surface area contributed by atoms with Crippen LogP contribution in [-0.4, -0.2) is 62.1 Å². The number of aliphatic hydroxyl groups excluding tert-OH is 1. The molecule has 6 rings (SSSR count). The first-order valence-electron chi connectivity index (χ1n) is 15.5. The summed E-state index contributed by atoms with van der Waals surface area (Å²) in [5.41, 5.74) is 1.17. The summed E-state index contributed by atoms with van der Waals surface area (Å²) >= 11 is 0. The molecule has 2 saturated heterocycles. The van der Waals surface area contributed by atoms with Crippen molar-refractivity contribution >= 4 is 43.7 Å². The van der Waals surface area contributed by atoms with Gasteiger partial charge in [0.2, 0.25) is 11.8 Å². The van der Waals surface area contributed by atoms with Crippen molar-refractivity contribution in [2.45, 2.75) is 51.4 Å². The molecule has 10 nitrogen and oxygen atoms in total. The number of hydrogen-bond acceptors (Lipinski definition) is 9. The molecule has 2 aliphatic heterocycles. The maximum absolute atomic E-state index is 13.7. The first-order chi connectivity index (χ1) is 22.0. The highest BCUT2D eigenvalue weighted by Gasteiger charge is 2.60. The fourth-order valence-electron chi connectivity index (χ4n) is 7.61. The number of allylic oxidation sites excluding steroid dienone is 1. The van der Waals surface area contributed by atoms with Crippen molar-refractivity contribution in [3.8, 4) is 0 Å². The van der Waals surface area contributed by atoms with E-state index in [9.17, 15) is 24.5 Å². The average molecular weight is 644 g/mol. The zero-order valence-corrected chi connectivity index (χ0v) is 27.3. The second-order valence-electron chi connectivity index (χ2n) is 13.1.